The van der Waals surface area contributed by atoms with Crippen LogP contribution < -0.4 is 0 Å². The number of hydrogen-bond acceptors (Lipinski definition) is 0. The summed E-state index contributed by atoms with van der Waals surface area (Å²) < 4.78 is 0. The van der Waals surface area contributed by atoms with E-state index in [9.17, 15) is 0 Å². The summed E-state index contributed by atoms with van der Waals surface area (Å²) in [6, 6.07) is 44.1. The lowest BCUT2D eigenvalue weighted by Gasteiger charge is -2.32. The van der Waals surface area contributed by atoms with Crippen LogP contribution in [-0.4, -0.2) is 8.07 Å². The van der Waals surface area contributed by atoms with Crippen LogP contribution in [0.2, 0.25) is 13.1 Å². The number of hydrogen-bond donors (Lipinski definition) is 0. The highest BCUT2D eigenvalue weighted by molar-refractivity contribution is 7.09. The first-order valence-electron chi connectivity index (χ1n) is 15.7. The molecule has 0 spiro atoms. The van der Waals surface area contributed by atoms with E-state index in [-0.39, 0.29) is 10.8 Å². The van der Waals surface area contributed by atoms with E-state index in [0.717, 1.165) is 0 Å². The second-order valence-corrected chi connectivity index (χ2v) is 18.2. The highest BCUT2D eigenvalue weighted by Gasteiger charge is 2.46. The van der Waals surface area contributed by atoms with Gasteiger partial charge >= 0.3 is 0 Å². The van der Waals surface area contributed by atoms with Crippen LogP contribution in [0.5, 0.6) is 0 Å². The van der Waals surface area contributed by atoms with Gasteiger partial charge in [0.15, 0.2) is 0 Å². The Morgan fingerprint density at radius 1 is 0.444 bits per heavy atom. The van der Waals surface area contributed by atoms with Gasteiger partial charge in [-0.1, -0.05) is 146 Å². The molecule has 8 rings (SSSR count). The molecular formula is C42H34Cl2Si. The lowest BCUT2D eigenvalue weighted by molar-refractivity contribution is 1.14. The minimum absolute atomic E-state index is 0.154. The minimum Gasteiger partial charge on any atom is -0.113 e. The molecule has 0 saturated carbocycles. The Morgan fingerprint density at radius 2 is 0.800 bits per heavy atom. The molecule has 0 bridgehead atoms. The van der Waals surface area contributed by atoms with Gasteiger partial charge in [-0.25, -0.2) is 0 Å². The van der Waals surface area contributed by atoms with Crippen molar-refractivity contribution in [1.29, 1.82) is 0 Å². The summed E-state index contributed by atoms with van der Waals surface area (Å²) in [5.41, 5.74) is 12.7. The van der Waals surface area contributed by atoms with Crippen molar-refractivity contribution in [2.24, 2.45) is 0 Å². The van der Waals surface area contributed by atoms with Crippen LogP contribution in [0.1, 0.15) is 46.9 Å². The summed E-state index contributed by atoms with van der Waals surface area (Å²) in [6.45, 7) is 9.55. The van der Waals surface area contributed by atoms with E-state index in [0.29, 0.717) is 0 Å². The van der Waals surface area contributed by atoms with Gasteiger partial charge in [0, 0.05) is 0 Å². The summed E-state index contributed by atoms with van der Waals surface area (Å²) in [6.07, 6.45) is 0. The van der Waals surface area contributed by atoms with Crippen LogP contribution in [0.15, 0.2) is 132 Å². The maximum Gasteiger partial charge on any atom is 0.113 e. The fraction of sp³-hybridized carbons (Fsp3) is 0.143. The quantitative estimate of drug-likeness (QED) is 0.133. The molecule has 0 nitrogen and oxygen atoms in total. The Balaban J connectivity index is 1.38. The van der Waals surface area contributed by atoms with Gasteiger partial charge < -0.3 is 0 Å². The fourth-order valence-electron chi connectivity index (χ4n) is 8.34. The van der Waals surface area contributed by atoms with E-state index in [2.05, 4.69) is 148 Å². The molecule has 6 aromatic rings. The number of alkyl halides is 2. The molecule has 0 heterocycles. The summed E-state index contributed by atoms with van der Waals surface area (Å²) in [7, 11) is -2.42. The molecule has 45 heavy (non-hydrogen) atoms. The molecule has 0 N–H and O–H groups in total. The van der Waals surface area contributed by atoms with Gasteiger partial charge in [-0.05, 0) is 90.3 Å². The molecule has 0 radical (unpaired) electrons. The maximum atomic E-state index is 7.36. The number of allylic oxidation sites excluding steroid dienone is 2. The first kappa shape index (κ1) is 28.6. The van der Waals surface area contributed by atoms with Crippen LogP contribution in [0.3, 0.4) is 0 Å². The van der Waals surface area contributed by atoms with Crippen molar-refractivity contribution in [3.05, 3.63) is 155 Å². The topological polar surface area (TPSA) is 0 Å². The molecule has 2 aliphatic carbocycles. The summed E-state index contributed by atoms with van der Waals surface area (Å²) in [4.78, 5) is 0. The third kappa shape index (κ3) is 4.18. The molecule has 2 aliphatic rings. The largest absolute Gasteiger partial charge is 0.113 e. The molecule has 3 heteroatoms. The second-order valence-electron chi connectivity index (χ2n) is 13.1. The van der Waals surface area contributed by atoms with Crippen LogP contribution in [0.4, 0.5) is 0 Å². The van der Waals surface area contributed by atoms with Crippen molar-refractivity contribution in [2.45, 2.75) is 37.7 Å². The van der Waals surface area contributed by atoms with Crippen molar-refractivity contribution in [3.8, 4) is 22.3 Å². The molecule has 2 unspecified atom stereocenters. The van der Waals surface area contributed by atoms with Gasteiger partial charge in [0.2, 0.25) is 0 Å². The Labute approximate surface area is 276 Å². The number of fused-ring (bicyclic) bond motifs is 4. The van der Waals surface area contributed by atoms with Crippen molar-refractivity contribution in [1.82, 2.24) is 0 Å². The highest BCUT2D eigenvalue weighted by atomic mass is 35.5. The SMILES string of the molecule is CC1=C([Si](C)(C)C2=C(C)C(Cl)c3cccc(-c4cccc5ccccc45)c32)c2c(-c3cccc4ccccc34)cccc2C1Cl. The van der Waals surface area contributed by atoms with Crippen LogP contribution in [0, 0.1) is 0 Å². The predicted molar refractivity (Wildman–Crippen MR) is 199 cm³/mol. The lowest BCUT2D eigenvalue weighted by Crippen LogP contribution is -2.31. The van der Waals surface area contributed by atoms with Crippen LogP contribution in [0.25, 0.3) is 54.2 Å². The van der Waals surface area contributed by atoms with Gasteiger partial charge in [0.1, 0.15) is 8.07 Å². The molecule has 220 valence electrons. The third-order valence-electron chi connectivity index (χ3n) is 10.2. The highest BCUT2D eigenvalue weighted by Crippen LogP contribution is 2.58. The zero-order valence-corrected chi connectivity index (χ0v) is 28.5. The zero-order chi connectivity index (χ0) is 31.0. The summed E-state index contributed by atoms with van der Waals surface area (Å²) in [5.74, 6) is 0. The van der Waals surface area contributed by atoms with Crippen molar-refractivity contribution >= 4 is 63.2 Å². The van der Waals surface area contributed by atoms with Crippen molar-refractivity contribution < 1.29 is 0 Å². The molecule has 0 aromatic heterocycles. The monoisotopic (exact) mass is 636 g/mol. The fourth-order valence-corrected chi connectivity index (χ4v) is 13.4. The van der Waals surface area contributed by atoms with E-state index >= 15 is 0 Å². The van der Waals surface area contributed by atoms with Gasteiger partial charge in [-0.15, -0.1) is 23.2 Å². The summed E-state index contributed by atoms with van der Waals surface area (Å²) >= 11 is 14.7. The van der Waals surface area contributed by atoms with Gasteiger partial charge in [-0.3, -0.25) is 0 Å². The molecule has 0 fully saturated rings. The Morgan fingerprint density at radius 3 is 1.24 bits per heavy atom. The van der Waals surface area contributed by atoms with Gasteiger partial charge in [0.05, 0.1) is 10.8 Å². The predicted octanol–water partition coefficient (Wildman–Crippen LogP) is 12.9. The maximum absolute atomic E-state index is 7.36. The molecule has 0 aliphatic heterocycles. The van der Waals surface area contributed by atoms with E-state index < -0.39 is 8.07 Å². The van der Waals surface area contributed by atoms with E-state index in [1.807, 2.05) is 0 Å². The molecule has 6 aromatic carbocycles. The second kappa shape index (κ2) is 10.6. The molecule has 2 atom stereocenters. The lowest BCUT2D eigenvalue weighted by atomic mass is 9.93. The first-order valence-corrected chi connectivity index (χ1v) is 19.6. The van der Waals surface area contributed by atoms with E-state index in [1.54, 1.807) is 0 Å². The first-order chi connectivity index (χ1) is 21.8. The van der Waals surface area contributed by atoms with Crippen LogP contribution in [-0.2, 0) is 0 Å². The molecule has 0 amide bonds. The normalized spacial score (nSPS) is 17.8. The van der Waals surface area contributed by atoms with Gasteiger partial charge in [-0.2, -0.15) is 0 Å². The van der Waals surface area contributed by atoms with Crippen molar-refractivity contribution in [3.63, 3.8) is 0 Å². The number of rotatable bonds is 4. The van der Waals surface area contributed by atoms with E-state index in [1.165, 1.54) is 87.6 Å². The molecule has 0 saturated heterocycles. The smallest absolute Gasteiger partial charge is 0.113 e. The number of benzene rings is 6. The van der Waals surface area contributed by atoms with E-state index in [4.69, 9.17) is 23.2 Å². The molecular weight excluding hydrogens is 603 g/mol. The standard InChI is InChI=1S/C42H34Cl2Si/c1-25-39(43)35-23-11-21-33(31-19-9-15-27-13-5-7-17-29(27)31)37(35)41(25)45(3,4)42-26(2)40(44)36-24-12-22-34(38(36)42)32-20-10-16-28-14-6-8-18-30(28)32/h5-24,39-40H,1-4H3. The average molecular weight is 638 g/mol. The Kier molecular flexibility index (Phi) is 6.73. The van der Waals surface area contributed by atoms with Crippen LogP contribution >= 0.6 is 23.2 Å². The zero-order valence-electron chi connectivity index (χ0n) is 26.0. The summed E-state index contributed by atoms with van der Waals surface area (Å²) in [5, 5.41) is 7.61. The average Bonchev–Trinajstić information content (AvgIpc) is 3.49. The van der Waals surface area contributed by atoms with Crippen molar-refractivity contribution in [2.75, 3.05) is 0 Å². The number of halogens is 2. The Hall–Kier alpha value is -3.88. The van der Waals surface area contributed by atoms with Gasteiger partial charge in [0.25, 0.3) is 0 Å². The minimum atomic E-state index is -2.42. The third-order valence-corrected chi connectivity index (χ3v) is 15.1. The Bertz CT molecular complexity index is 2080.